The number of hydrogen-bond acceptors (Lipinski definition) is 3. The summed E-state index contributed by atoms with van der Waals surface area (Å²) >= 11 is 9.65. The summed E-state index contributed by atoms with van der Waals surface area (Å²) in [5.41, 5.74) is -0.448. The minimum atomic E-state index is -0.448. The lowest BCUT2D eigenvalue weighted by Gasteiger charge is -2.47. The first-order valence-electron chi connectivity index (χ1n) is 6.87. The zero-order chi connectivity index (χ0) is 13.5. The van der Waals surface area contributed by atoms with Gasteiger partial charge in [0.05, 0.1) is 10.6 Å². The fraction of sp³-hybridized carbons (Fsp3) is 0.643. The molecule has 1 aliphatic heterocycles. The Morgan fingerprint density at radius 2 is 2.26 bits per heavy atom. The second-order valence-corrected chi connectivity index (χ2v) is 7.02. The van der Waals surface area contributed by atoms with Gasteiger partial charge in [-0.2, -0.15) is 0 Å². The Kier molecular flexibility index (Phi) is 3.76. The highest BCUT2D eigenvalue weighted by Crippen LogP contribution is 2.41. The van der Waals surface area contributed by atoms with E-state index in [-0.39, 0.29) is 0 Å². The van der Waals surface area contributed by atoms with E-state index < -0.39 is 5.60 Å². The fourth-order valence-corrected chi connectivity index (χ4v) is 4.15. The van der Waals surface area contributed by atoms with Crippen molar-refractivity contribution in [1.82, 2.24) is 4.98 Å². The maximum atomic E-state index is 10.7. The van der Waals surface area contributed by atoms with Gasteiger partial charge in [-0.15, -0.1) is 0 Å². The van der Waals surface area contributed by atoms with Crippen LogP contribution in [0.2, 0.25) is 5.02 Å². The zero-order valence-corrected chi connectivity index (χ0v) is 13.1. The Morgan fingerprint density at radius 3 is 3.05 bits per heavy atom. The van der Waals surface area contributed by atoms with E-state index in [0.29, 0.717) is 10.9 Å². The molecule has 2 unspecified atom stereocenters. The van der Waals surface area contributed by atoms with E-state index in [9.17, 15) is 5.11 Å². The van der Waals surface area contributed by atoms with E-state index in [0.717, 1.165) is 49.1 Å². The number of aliphatic hydroxyl groups is 1. The van der Waals surface area contributed by atoms with Crippen LogP contribution in [0, 0.1) is 5.92 Å². The van der Waals surface area contributed by atoms with Gasteiger partial charge in [0.1, 0.15) is 5.82 Å². The number of nitrogens with zero attached hydrogens (tertiary/aromatic N) is 2. The lowest BCUT2D eigenvalue weighted by atomic mass is 9.71. The second kappa shape index (κ2) is 5.23. The van der Waals surface area contributed by atoms with Crippen LogP contribution in [0.15, 0.2) is 16.7 Å². The Morgan fingerprint density at radius 1 is 1.42 bits per heavy atom. The van der Waals surface area contributed by atoms with E-state index in [1.54, 1.807) is 6.20 Å². The molecule has 5 heteroatoms. The molecule has 19 heavy (non-hydrogen) atoms. The molecule has 2 aliphatic rings. The first kappa shape index (κ1) is 13.7. The molecule has 2 atom stereocenters. The minimum Gasteiger partial charge on any atom is -0.389 e. The van der Waals surface area contributed by atoms with Crippen molar-refractivity contribution in [1.29, 1.82) is 0 Å². The molecule has 0 radical (unpaired) electrons. The van der Waals surface area contributed by atoms with Crippen LogP contribution in [0.25, 0.3) is 0 Å². The third-order valence-electron chi connectivity index (χ3n) is 4.52. The molecule has 2 fully saturated rings. The quantitative estimate of drug-likeness (QED) is 0.844. The van der Waals surface area contributed by atoms with Gasteiger partial charge in [0, 0.05) is 29.7 Å². The highest BCUT2D eigenvalue weighted by molar-refractivity contribution is 9.10. The van der Waals surface area contributed by atoms with E-state index in [1.807, 2.05) is 6.07 Å². The lowest BCUT2D eigenvalue weighted by Crippen LogP contribution is -2.53. The monoisotopic (exact) mass is 344 g/mol. The van der Waals surface area contributed by atoms with Crippen LogP contribution in [0.5, 0.6) is 0 Å². The lowest BCUT2D eigenvalue weighted by molar-refractivity contribution is -0.0613. The normalized spacial score (nSPS) is 31.1. The van der Waals surface area contributed by atoms with Crippen molar-refractivity contribution in [3.05, 3.63) is 21.8 Å². The van der Waals surface area contributed by atoms with Gasteiger partial charge in [0.2, 0.25) is 0 Å². The molecule has 1 N–H and O–H groups in total. The van der Waals surface area contributed by atoms with E-state index in [4.69, 9.17) is 11.6 Å². The van der Waals surface area contributed by atoms with Crippen molar-refractivity contribution in [3.8, 4) is 0 Å². The summed E-state index contributed by atoms with van der Waals surface area (Å²) in [6, 6.07) is 1.88. The molecule has 1 saturated carbocycles. The highest BCUT2D eigenvalue weighted by atomic mass is 79.9. The average Bonchev–Trinajstić information content (AvgIpc) is 2.38. The molecule has 3 nitrogen and oxygen atoms in total. The van der Waals surface area contributed by atoms with Gasteiger partial charge in [-0.05, 0) is 41.3 Å². The summed E-state index contributed by atoms with van der Waals surface area (Å²) < 4.78 is 0.896. The molecule has 3 rings (SSSR count). The van der Waals surface area contributed by atoms with Gasteiger partial charge in [0.15, 0.2) is 0 Å². The van der Waals surface area contributed by atoms with Gasteiger partial charge in [-0.3, -0.25) is 0 Å². The van der Waals surface area contributed by atoms with Gasteiger partial charge in [-0.1, -0.05) is 24.4 Å². The number of fused-ring (bicyclic) bond motifs is 1. The maximum Gasteiger partial charge on any atom is 0.147 e. The zero-order valence-electron chi connectivity index (χ0n) is 10.8. The largest absolute Gasteiger partial charge is 0.389 e. The summed E-state index contributed by atoms with van der Waals surface area (Å²) in [6.45, 7) is 1.70. The SMILES string of the molecule is OC12CCCCC1CN(c1ncc(Br)cc1Cl)CC2. The molecule has 2 heterocycles. The van der Waals surface area contributed by atoms with Gasteiger partial charge < -0.3 is 10.0 Å². The number of anilines is 1. The maximum absolute atomic E-state index is 10.7. The number of rotatable bonds is 1. The van der Waals surface area contributed by atoms with Crippen molar-refractivity contribution in [3.63, 3.8) is 0 Å². The van der Waals surface area contributed by atoms with Crippen LogP contribution >= 0.6 is 27.5 Å². The standard InChI is InChI=1S/C14H18BrClN2O/c15-11-7-12(16)13(17-8-11)18-6-5-14(19)4-2-1-3-10(14)9-18/h7-8,10,19H,1-6,9H2. The third kappa shape index (κ3) is 2.63. The second-order valence-electron chi connectivity index (χ2n) is 5.70. The molecule has 0 bridgehead atoms. The highest BCUT2D eigenvalue weighted by Gasteiger charge is 2.43. The Balaban J connectivity index is 1.80. The Hall–Kier alpha value is -0.320. The van der Waals surface area contributed by atoms with Crippen LogP contribution in [0.3, 0.4) is 0 Å². The van der Waals surface area contributed by atoms with Gasteiger partial charge >= 0.3 is 0 Å². The Labute approximate surface area is 127 Å². The van der Waals surface area contributed by atoms with Crippen LogP contribution < -0.4 is 4.90 Å². The summed E-state index contributed by atoms with van der Waals surface area (Å²) in [6.07, 6.45) is 7.05. The molecule has 0 aromatic carbocycles. The molecule has 0 amide bonds. The van der Waals surface area contributed by atoms with E-state index >= 15 is 0 Å². The van der Waals surface area contributed by atoms with Crippen molar-refractivity contribution in [2.45, 2.75) is 37.7 Å². The van der Waals surface area contributed by atoms with Crippen molar-refractivity contribution >= 4 is 33.3 Å². The van der Waals surface area contributed by atoms with Crippen LogP contribution in [0.1, 0.15) is 32.1 Å². The number of aromatic nitrogens is 1. The van der Waals surface area contributed by atoms with Crippen molar-refractivity contribution < 1.29 is 5.11 Å². The first-order chi connectivity index (χ1) is 9.08. The summed E-state index contributed by atoms with van der Waals surface area (Å²) in [5.74, 6) is 1.20. The molecule has 104 valence electrons. The number of piperidine rings is 1. The predicted octanol–water partition coefficient (Wildman–Crippen LogP) is 3.63. The molecule has 1 saturated heterocycles. The Bertz CT molecular complexity index is 485. The molecule has 1 aromatic heterocycles. The molecular weight excluding hydrogens is 328 g/mol. The number of pyridine rings is 1. The van der Waals surface area contributed by atoms with E-state index in [2.05, 4.69) is 25.8 Å². The van der Waals surface area contributed by atoms with E-state index in [1.165, 1.54) is 6.42 Å². The summed E-state index contributed by atoms with van der Waals surface area (Å²) in [5, 5.41) is 11.4. The third-order valence-corrected chi connectivity index (χ3v) is 5.23. The molecule has 0 spiro atoms. The van der Waals surface area contributed by atoms with Gasteiger partial charge in [-0.25, -0.2) is 4.98 Å². The molecular formula is C14H18BrClN2O. The fourth-order valence-electron chi connectivity index (χ4n) is 3.40. The molecule has 1 aromatic rings. The summed E-state index contributed by atoms with van der Waals surface area (Å²) in [4.78, 5) is 6.65. The van der Waals surface area contributed by atoms with Crippen LogP contribution in [-0.2, 0) is 0 Å². The molecule has 1 aliphatic carbocycles. The van der Waals surface area contributed by atoms with Gasteiger partial charge in [0.25, 0.3) is 0 Å². The van der Waals surface area contributed by atoms with Crippen molar-refractivity contribution in [2.24, 2.45) is 5.92 Å². The summed E-state index contributed by atoms with van der Waals surface area (Å²) in [7, 11) is 0. The van der Waals surface area contributed by atoms with Crippen LogP contribution in [-0.4, -0.2) is 28.8 Å². The number of hydrogen-bond donors (Lipinski definition) is 1. The van der Waals surface area contributed by atoms with Crippen molar-refractivity contribution in [2.75, 3.05) is 18.0 Å². The smallest absolute Gasteiger partial charge is 0.147 e. The number of halogens is 2. The topological polar surface area (TPSA) is 36.4 Å². The minimum absolute atomic E-state index is 0.358. The predicted molar refractivity (Wildman–Crippen MR) is 80.7 cm³/mol. The first-order valence-corrected chi connectivity index (χ1v) is 8.04. The average molecular weight is 346 g/mol. The van der Waals surface area contributed by atoms with Crippen LogP contribution in [0.4, 0.5) is 5.82 Å².